The molecule has 6 nitrogen and oxygen atoms in total. The predicted octanol–water partition coefficient (Wildman–Crippen LogP) is 0.650. The zero-order valence-electron chi connectivity index (χ0n) is 9.65. The minimum atomic E-state index is -0.632. The highest BCUT2D eigenvalue weighted by Crippen LogP contribution is 2.17. The Hall–Kier alpha value is -2.24. The molecule has 0 saturated carbocycles. The number of hydrogen-bond acceptors (Lipinski definition) is 4. The SMILES string of the molecule is COC(=O)c1cc(CNC(N)=O)cc(OC)c1. The zero-order valence-corrected chi connectivity index (χ0v) is 9.65. The second kappa shape index (κ2) is 5.74. The molecule has 0 spiro atoms. The first-order chi connectivity index (χ1) is 8.06. The summed E-state index contributed by atoms with van der Waals surface area (Å²) in [5.74, 6) is 0.0402. The van der Waals surface area contributed by atoms with Crippen LogP contribution in [0.25, 0.3) is 0 Å². The van der Waals surface area contributed by atoms with Gasteiger partial charge >= 0.3 is 12.0 Å². The number of ether oxygens (including phenoxy) is 2. The van der Waals surface area contributed by atoms with E-state index < -0.39 is 12.0 Å². The van der Waals surface area contributed by atoms with Crippen LogP contribution in [0.3, 0.4) is 0 Å². The van der Waals surface area contributed by atoms with Gasteiger partial charge in [-0.2, -0.15) is 0 Å². The second-order valence-corrected chi connectivity index (χ2v) is 3.28. The van der Waals surface area contributed by atoms with Crippen LogP contribution in [0.2, 0.25) is 0 Å². The third-order valence-electron chi connectivity index (χ3n) is 2.09. The van der Waals surface area contributed by atoms with E-state index in [2.05, 4.69) is 10.1 Å². The first-order valence-electron chi connectivity index (χ1n) is 4.86. The fourth-order valence-corrected chi connectivity index (χ4v) is 1.31. The molecule has 0 fully saturated rings. The van der Waals surface area contributed by atoms with Crippen molar-refractivity contribution in [3.8, 4) is 5.75 Å². The van der Waals surface area contributed by atoms with Gasteiger partial charge in [-0.05, 0) is 23.8 Å². The third-order valence-corrected chi connectivity index (χ3v) is 2.09. The topological polar surface area (TPSA) is 90.6 Å². The van der Waals surface area contributed by atoms with Crippen LogP contribution in [0.4, 0.5) is 4.79 Å². The number of nitrogens with two attached hydrogens (primary N) is 1. The molecule has 0 heterocycles. The Morgan fingerprint density at radius 2 is 2.00 bits per heavy atom. The van der Waals surface area contributed by atoms with Crippen LogP contribution in [0.1, 0.15) is 15.9 Å². The lowest BCUT2D eigenvalue weighted by atomic mass is 10.1. The van der Waals surface area contributed by atoms with Crippen LogP contribution in [0.15, 0.2) is 18.2 Å². The summed E-state index contributed by atoms with van der Waals surface area (Å²) in [6, 6.07) is 4.22. The number of urea groups is 1. The van der Waals surface area contributed by atoms with Gasteiger partial charge in [0.25, 0.3) is 0 Å². The van der Waals surface area contributed by atoms with Crippen LogP contribution in [-0.4, -0.2) is 26.2 Å². The van der Waals surface area contributed by atoms with Crippen LogP contribution < -0.4 is 15.8 Å². The highest BCUT2D eigenvalue weighted by molar-refractivity contribution is 5.90. The normalized spacial score (nSPS) is 9.53. The number of nitrogens with one attached hydrogen (secondary N) is 1. The van der Waals surface area contributed by atoms with Crippen LogP contribution in [0, 0.1) is 0 Å². The maximum absolute atomic E-state index is 11.4. The van der Waals surface area contributed by atoms with Gasteiger partial charge in [0, 0.05) is 6.54 Å². The first-order valence-corrected chi connectivity index (χ1v) is 4.86. The summed E-state index contributed by atoms with van der Waals surface area (Å²) in [5.41, 5.74) is 6.01. The average Bonchev–Trinajstić information content (AvgIpc) is 2.34. The minimum absolute atomic E-state index is 0.219. The van der Waals surface area contributed by atoms with Crippen molar-refractivity contribution in [3.63, 3.8) is 0 Å². The number of carbonyl (C=O) groups is 2. The quantitative estimate of drug-likeness (QED) is 0.753. The van der Waals surface area contributed by atoms with Crippen LogP contribution in [-0.2, 0) is 11.3 Å². The van der Waals surface area contributed by atoms with Crippen molar-refractivity contribution in [3.05, 3.63) is 29.3 Å². The number of esters is 1. The Kier molecular flexibility index (Phi) is 4.33. The predicted molar refractivity (Wildman–Crippen MR) is 60.8 cm³/mol. The largest absolute Gasteiger partial charge is 0.497 e. The second-order valence-electron chi connectivity index (χ2n) is 3.28. The fourth-order valence-electron chi connectivity index (χ4n) is 1.31. The molecule has 2 amide bonds. The van der Waals surface area contributed by atoms with E-state index in [9.17, 15) is 9.59 Å². The van der Waals surface area contributed by atoms with E-state index in [-0.39, 0.29) is 6.54 Å². The molecule has 0 aromatic heterocycles. The Balaban J connectivity index is 2.96. The molecule has 0 bridgehead atoms. The Morgan fingerprint density at radius 3 is 2.53 bits per heavy atom. The molecule has 92 valence electrons. The van der Waals surface area contributed by atoms with Crippen molar-refractivity contribution in [1.82, 2.24) is 5.32 Å². The van der Waals surface area contributed by atoms with E-state index in [1.165, 1.54) is 14.2 Å². The summed E-state index contributed by atoms with van der Waals surface area (Å²) in [4.78, 5) is 22.0. The Labute approximate surface area is 98.7 Å². The van der Waals surface area contributed by atoms with E-state index >= 15 is 0 Å². The summed E-state index contributed by atoms with van der Waals surface area (Å²) in [5, 5.41) is 2.43. The third kappa shape index (κ3) is 3.67. The van der Waals surface area contributed by atoms with E-state index in [4.69, 9.17) is 10.5 Å². The van der Waals surface area contributed by atoms with Crippen molar-refractivity contribution in [2.75, 3.05) is 14.2 Å². The van der Waals surface area contributed by atoms with Crippen molar-refractivity contribution in [1.29, 1.82) is 0 Å². The van der Waals surface area contributed by atoms with Gasteiger partial charge in [-0.1, -0.05) is 0 Å². The van der Waals surface area contributed by atoms with Gasteiger partial charge in [0.1, 0.15) is 5.75 Å². The summed E-state index contributed by atoms with van der Waals surface area (Å²) in [7, 11) is 2.78. The summed E-state index contributed by atoms with van der Waals surface area (Å²) in [6.07, 6.45) is 0. The molecule has 17 heavy (non-hydrogen) atoms. The Morgan fingerprint density at radius 1 is 1.29 bits per heavy atom. The smallest absolute Gasteiger partial charge is 0.337 e. The number of methoxy groups -OCH3 is 2. The molecule has 0 saturated heterocycles. The van der Waals surface area contributed by atoms with Gasteiger partial charge < -0.3 is 20.5 Å². The van der Waals surface area contributed by atoms with Gasteiger partial charge in [0.15, 0.2) is 0 Å². The highest BCUT2D eigenvalue weighted by Gasteiger charge is 2.09. The number of benzene rings is 1. The molecule has 0 atom stereocenters. The van der Waals surface area contributed by atoms with Crippen LogP contribution in [0.5, 0.6) is 5.75 Å². The molecule has 1 aromatic rings. The number of hydrogen-bond donors (Lipinski definition) is 2. The molecule has 0 aliphatic heterocycles. The molecule has 6 heteroatoms. The van der Waals surface area contributed by atoms with E-state index in [1.54, 1.807) is 18.2 Å². The summed E-state index contributed by atoms with van der Waals surface area (Å²) in [6.45, 7) is 0.219. The molecule has 0 radical (unpaired) electrons. The summed E-state index contributed by atoms with van der Waals surface area (Å²) < 4.78 is 9.66. The van der Waals surface area contributed by atoms with Gasteiger partial charge in [-0.3, -0.25) is 0 Å². The zero-order chi connectivity index (χ0) is 12.8. The van der Waals surface area contributed by atoms with Crippen molar-refractivity contribution < 1.29 is 19.1 Å². The van der Waals surface area contributed by atoms with Crippen molar-refractivity contribution in [2.45, 2.75) is 6.54 Å². The lowest BCUT2D eigenvalue weighted by Crippen LogP contribution is -2.28. The molecule has 0 aliphatic carbocycles. The molecule has 3 N–H and O–H groups in total. The number of amides is 2. The van der Waals surface area contributed by atoms with Crippen molar-refractivity contribution >= 4 is 12.0 Å². The first kappa shape index (κ1) is 12.8. The maximum Gasteiger partial charge on any atom is 0.337 e. The lowest BCUT2D eigenvalue weighted by Gasteiger charge is -2.08. The van der Waals surface area contributed by atoms with E-state index in [1.807, 2.05) is 0 Å². The standard InChI is InChI=1S/C11H14N2O4/c1-16-9-4-7(6-13-11(12)15)3-8(5-9)10(14)17-2/h3-5H,6H2,1-2H3,(H3,12,13,15). The Bertz CT molecular complexity index is 431. The number of carbonyl (C=O) groups excluding carboxylic acids is 2. The molecule has 1 rings (SSSR count). The molecule has 1 aromatic carbocycles. The number of rotatable bonds is 4. The maximum atomic E-state index is 11.4. The van der Waals surface area contributed by atoms with E-state index in [0.29, 0.717) is 16.9 Å². The molecule has 0 aliphatic rings. The average molecular weight is 238 g/mol. The van der Waals surface area contributed by atoms with Crippen molar-refractivity contribution in [2.24, 2.45) is 5.73 Å². The van der Waals surface area contributed by atoms with E-state index in [0.717, 1.165) is 0 Å². The lowest BCUT2D eigenvalue weighted by molar-refractivity contribution is 0.0600. The highest BCUT2D eigenvalue weighted by atomic mass is 16.5. The molecular weight excluding hydrogens is 224 g/mol. The summed E-state index contributed by atoms with van der Waals surface area (Å²) >= 11 is 0. The van der Waals surface area contributed by atoms with Gasteiger partial charge in [-0.25, -0.2) is 9.59 Å². The van der Waals surface area contributed by atoms with Gasteiger partial charge in [-0.15, -0.1) is 0 Å². The molecule has 0 unspecified atom stereocenters. The number of primary amides is 1. The monoisotopic (exact) mass is 238 g/mol. The fraction of sp³-hybridized carbons (Fsp3) is 0.273. The molecular formula is C11H14N2O4. The van der Waals surface area contributed by atoms with Crippen LogP contribution >= 0.6 is 0 Å². The van der Waals surface area contributed by atoms with Gasteiger partial charge in [0.05, 0.1) is 19.8 Å². The van der Waals surface area contributed by atoms with Gasteiger partial charge in [0.2, 0.25) is 0 Å². The minimum Gasteiger partial charge on any atom is -0.497 e.